The Morgan fingerprint density at radius 1 is 1.00 bits per heavy atom. The highest BCUT2D eigenvalue weighted by molar-refractivity contribution is 7.52. The normalized spacial score (nSPS) is 19.2. The highest BCUT2D eigenvalue weighted by Gasteiger charge is 2.50. The van der Waals surface area contributed by atoms with Gasteiger partial charge in [-0.2, -0.15) is 8.78 Å². The Morgan fingerprint density at radius 2 is 1.71 bits per heavy atom. The second-order valence-corrected chi connectivity index (χ2v) is 15.0. The minimum Gasteiger partial charge on any atom is -0.370 e. The van der Waals surface area contributed by atoms with Crippen LogP contribution in [0.2, 0.25) is 0 Å². The summed E-state index contributed by atoms with van der Waals surface area (Å²) in [6.07, 6.45) is 1.58. The molecule has 49 heavy (non-hydrogen) atoms. The largest absolute Gasteiger partial charge is 0.399 e. The second kappa shape index (κ2) is 14.5. The van der Waals surface area contributed by atoms with E-state index in [1.54, 1.807) is 9.80 Å². The molecule has 14 heteroatoms. The van der Waals surface area contributed by atoms with Gasteiger partial charge in [-0.1, -0.05) is 66.7 Å². The Labute approximate surface area is 285 Å². The van der Waals surface area contributed by atoms with Crippen molar-refractivity contribution in [2.45, 2.75) is 49.5 Å². The molecule has 2 fully saturated rings. The summed E-state index contributed by atoms with van der Waals surface area (Å²) >= 11 is 1.01. The van der Waals surface area contributed by atoms with Gasteiger partial charge in [0.2, 0.25) is 11.8 Å². The first-order chi connectivity index (χ1) is 23.4. The molecule has 3 atom stereocenters. The van der Waals surface area contributed by atoms with Crippen LogP contribution in [0.15, 0.2) is 84.9 Å². The second-order valence-electron chi connectivity index (χ2n) is 12.2. The Hall–Kier alpha value is -4.00. The SMILES string of the molecule is O=C(NC(CCc1ccccc1)C(=O)N1CCC[C@H]1C(=O)N1CCO[C@H](c2ccccc2)C1)c1cc2cc(C(F)(F)P(=O)(O)O)ccc2s1. The Morgan fingerprint density at radius 3 is 2.43 bits per heavy atom. The third kappa shape index (κ3) is 7.61. The molecule has 258 valence electrons. The van der Waals surface area contributed by atoms with Gasteiger partial charge in [0.25, 0.3) is 5.91 Å². The molecule has 1 aromatic heterocycles. The van der Waals surface area contributed by atoms with Crippen molar-refractivity contribution in [1.82, 2.24) is 15.1 Å². The molecule has 2 saturated heterocycles. The van der Waals surface area contributed by atoms with E-state index in [-0.39, 0.29) is 34.6 Å². The molecule has 10 nitrogen and oxygen atoms in total. The van der Waals surface area contributed by atoms with Crippen LogP contribution >= 0.6 is 18.9 Å². The van der Waals surface area contributed by atoms with E-state index in [1.165, 1.54) is 12.1 Å². The van der Waals surface area contributed by atoms with E-state index in [0.29, 0.717) is 50.2 Å². The molecule has 0 bridgehead atoms. The molecular weight excluding hydrogens is 675 g/mol. The lowest BCUT2D eigenvalue weighted by atomic mass is 10.0. The van der Waals surface area contributed by atoms with Crippen LogP contribution in [0.5, 0.6) is 0 Å². The number of ether oxygens (including phenoxy) is 1. The molecule has 0 saturated carbocycles. The number of amides is 3. The van der Waals surface area contributed by atoms with Crippen LogP contribution in [0.4, 0.5) is 8.78 Å². The lowest BCUT2D eigenvalue weighted by Crippen LogP contribution is -2.55. The van der Waals surface area contributed by atoms with Gasteiger partial charge in [-0.05, 0) is 60.4 Å². The van der Waals surface area contributed by atoms with Gasteiger partial charge in [-0.25, -0.2) is 0 Å². The van der Waals surface area contributed by atoms with Gasteiger partial charge in [0.05, 0.1) is 18.0 Å². The van der Waals surface area contributed by atoms with Crippen molar-refractivity contribution in [3.63, 3.8) is 0 Å². The minimum absolute atomic E-state index is 0.137. The van der Waals surface area contributed by atoms with Crippen molar-refractivity contribution in [2.24, 2.45) is 0 Å². The first-order valence-corrected chi connectivity index (χ1v) is 18.4. The highest BCUT2D eigenvalue weighted by atomic mass is 32.1. The van der Waals surface area contributed by atoms with E-state index in [1.807, 2.05) is 60.7 Å². The number of carbonyl (C=O) groups is 3. The van der Waals surface area contributed by atoms with Crippen LogP contribution in [0.1, 0.15) is 51.7 Å². The monoisotopic (exact) mass is 711 g/mol. The Balaban J connectivity index is 1.21. The summed E-state index contributed by atoms with van der Waals surface area (Å²) in [5.74, 6) is -1.13. The fourth-order valence-corrected chi connectivity index (χ4v) is 7.79. The standard InChI is InChI=1S/C35H36F2N3O7PS/c36-35(37,48(44,45)46)26-14-16-30-25(20-26)21-31(49-30)32(41)38-27(15-13-23-8-3-1-4-9-23)33(42)40-17-7-12-28(40)34(43)39-18-19-47-29(22-39)24-10-5-2-6-11-24/h1-6,8-11,14,16,20-21,27-29H,7,12-13,15,17-19,22H2,(H,38,41)(H2,44,45,46)/t27?,28-,29-/m0/s1. The molecule has 0 aliphatic carbocycles. The molecule has 6 rings (SSSR count). The Kier molecular flexibility index (Phi) is 10.3. The van der Waals surface area contributed by atoms with E-state index in [4.69, 9.17) is 14.5 Å². The number of aryl methyl sites for hydroxylation is 1. The van der Waals surface area contributed by atoms with Gasteiger partial charge < -0.3 is 29.6 Å². The van der Waals surface area contributed by atoms with Gasteiger partial charge in [-0.3, -0.25) is 18.9 Å². The van der Waals surface area contributed by atoms with Gasteiger partial charge in [0, 0.05) is 23.4 Å². The molecular formula is C35H36F2N3O7PS. The predicted octanol–water partition coefficient (Wildman–Crippen LogP) is 5.45. The molecule has 3 heterocycles. The molecule has 2 aliphatic rings. The summed E-state index contributed by atoms with van der Waals surface area (Å²) in [6.45, 7) is 1.50. The van der Waals surface area contributed by atoms with Crippen molar-refractivity contribution < 1.29 is 42.3 Å². The number of alkyl halides is 2. The van der Waals surface area contributed by atoms with Crippen molar-refractivity contribution in [3.05, 3.63) is 106 Å². The zero-order chi connectivity index (χ0) is 34.8. The molecule has 3 N–H and O–H groups in total. The van der Waals surface area contributed by atoms with Gasteiger partial charge in [0.15, 0.2) is 0 Å². The number of thiophene rings is 1. The molecule has 3 aromatic carbocycles. The number of hydrogen-bond donors (Lipinski definition) is 3. The summed E-state index contributed by atoms with van der Waals surface area (Å²) < 4.78 is 46.6. The number of benzene rings is 3. The first-order valence-electron chi connectivity index (χ1n) is 16.0. The van der Waals surface area contributed by atoms with Crippen LogP contribution in [0.3, 0.4) is 0 Å². The number of morpholine rings is 1. The minimum atomic E-state index is -5.78. The molecule has 0 spiro atoms. The maximum atomic E-state index is 14.4. The summed E-state index contributed by atoms with van der Waals surface area (Å²) in [4.78, 5) is 63.4. The zero-order valence-electron chi connectivity index (χ0n) is 26.4. The number of rotatable bonds is 10. The number of nitrogens with zero attached hydrogens (tertiary/aromatic N) is 2. The fraction of sp³-hybridized carbons (Fsp3) is 0.343. The van der Waals surface area contributed by atoms with Gasteiger partial charge in [0.1, 0.15) is 18.2 Å². The highest BCUT2D eigenvalue weighted by Crippen LogP contribution is 2.59. The van der Waals surface area contributed by atoms with Crippen molar-refractivity contribution >= 4 is 46.7 Å². The van der Waals surface area contributed by atoms with Crippen LogP contribution in [-0.4, -0.2) is 75.6 Å². The smallest absolute Gasteiger partial charge is 0.370 e. The Bertz CT molecular complexity index is 1870. The van der Waals surface area contributed by atoms with E-state index in [0.717, 1.165) is 34.6 Å². The van der Waals surface area contributed by atoms with Crippen molar-refractivity contribution in [3.8, 4) is 0 Å². The van der Waals surface area contributed by atoms with E-state index in [9.17, 15) is 27.7 Å². The molecule has 4 aromatic rings. The zero-order valence-corrected chi connectivity index (χ0v) is 28.1. The predicted molar refractivity (Wildman–Crippen MR) is 180 cm³/mol. The first kappa shape index (κ1) is 34.8. The number of nitrogens with one attached hydrogen (secondary N) is 1. The fourth-order valence-electron chi connectivity index (χ4n) is 6.37. The van der Waals surface area contributed by atoms with E-state index < -0.39 is 36.8 Å². The topological polar surface area (TPSA) is 136 Å². The van der Waals surface area contributed by atoms with Gasteiger partial charge in [-0.15, -0.1) is 11.3 Å². The quantitative estimate of drug-likeness (QED) is 0.186. The molecule has 2 aliphatic heterocycles. The third-order valence-electron chi connectivity index (χ3n) is 8.99. The number of hydrogen-bond acceptors (Lipinski definition) is 6. The number of fused-ring (bicyclic) bond motifs is 1. The number of halogens is 2. The maximum absolute atomic E-state index is 14.4. The lowest BCUT2D eigenvalue weighted by molar-refractivity contribution is -0.149. The summed E-state index contributed by atoms with van der Waals surface area (Å²) in [5, 5.41) is 3.05. The van der Waals surface area contributed by atoms with Gasteiger partial charge >= 0.3 is 13.3 Å². The number of likely N-dealkylation sites (tertiary alicyclic amines) is 1. The third-order valence-corrected chi connectivity index (χ3v) is 11.1. The van der Waals surface area contributed by atoms with Crippen molar-refractivity contribution in [1.29, 1.82) is 0 Å². The summed E-state index contributed by atoms with van der Waals surface area (Å²) in [6, 6.07) is 22.0. The maximum Gasteiger partial charge on any atom is 0.399 e. The summed E-state index contributed by atoms with van der Waals surface area (Å²) in [5.41, 5.74) is -3.33. The van der Waals surface area contributed by atoms with E-state index >= 15 is 0 Å². The number of carbonyl (C=O) groups excluding carboxylic acids is 3. The van der Waals surface area contributed by atoms with E-state index in [2.05, 4.69) is 5.32 Å². The summed E-state index contributed by atoms with van der Waals surface area (Å²) in [7, 11) is -5.78. The molecule has 0 radical (unpaired) electrons. The van der Waals surface area contributed by atoms with Crippen molar-refractivity contribution in [2.75, 3.05) is 26.2 Å². The van der Waals surface area contributed by atoms with Crippen LogP contribution in [-0.2, 0) is 31.0 Å². The lowest BCUT2D eigenvalue weighted by Gasteiger charge is -2.37. The molecule has 1 unspecified atom stereocenters. The molecule has 3 amide bonds. The average Bonchev–Trinajstić information content (AvgIpc) is 3.77. The van der Waals surface area contributed by atoms with Crippen LogP contribution < -0.4 is 5.32 Å². The average molecular weight is 712 g/mol. The van der Waals surface area contributed by atoms with Crippen LogP contribution in [0, 0.1) is 0 Å². The van der Waals surface area contributed by atoms with Crippen LogP contribution in [0.25, 0.3) is 10.1 Å².